The average Bonchev–Trinajstić information content (AvgIpc) is 3.57. The van der Waals surface area contributed by atoms with E-state index in [1.54, 1.807) is 54.8 Å². The van der Waals surface area contributed by atoms with Crippen molar-refractivity contribution in [3.8, 4) is 11.5 Å². The molecule has 0 fully saturated rings. The van der Waals surface area contributed by atoms with Crippen LogP contribution in [0.4, 0.5) is 0 Å². The molecule has 0 bridgehead atoms. The summed E-state index contributed by atoms with van der Waals surface area (Å²) in [5.74, 6) is 0.258. The molecule has 0 aliphatic carbocycles. The Morgan fingerprint density at radius 3 is 2.61 bits per heavy atom. The zero-order valence-corrected chi connectivity index (χ0v) is 26.0. The molecule has 5 rings (SSSR count). The second-order valence-electron chi connectivity index (χ2n) is 8.89. The van der Waals surface area contributed by atoms with Gasteiger partial charge in [0, 0.05) is 4.88 Å². The lowest BCUT2D eigenvalue weighted by Crippen LogP contribution is -2.39. The van der Waals surface area contributed by atoms with Crippen molar-refractivity contribution < 1.29 is 19.0 Å². The number of aromatic nitrogens is 1. The summed E-state index contributed by atoms with van der Waals surface area (Å²) in [5, 5.41) is 3.09. The summed E-state index contributed by atoms with van der Waals surface area (Å²) in [6.45, 7) is 3.90. The Hall–Kier alpha value is -3.08. The molecule has 0 amide bonds. The predicted octanol–water partition coefficient (Wildman–Crippen LogP) is 6.41. The molecule has 3 heterocycles. The van der Waals surface area contributed by atoms with Crippen molar-refractivity contribution in [1.82, 2.24) is 4.57 Å². The van der Waals surface area contributed by atoms with Crippen LogP contribution in [0.5, 0.6) is 11.5 Å². The van der Waals surface area contributed by atoms with Crippen LogP contribution in [-0.4, -0.2) is 24.3 Å². The van der Waals surface area contributed by atoms with E-state index in [-0.39, 0.29) is 18.8 Å². The van der Waals surface area contributed by atoms with Crippen molar-refractivity contribution >= 4 is 69.5 Å². The number of hydrogen-bond donors (Lipinski definition) is 0. The highest BCUT2D eigenvalue weighted by Crippen LogP contribution is 2.38. The van der Waals surface area contributed by atoms with Crippen LogP contribution in [0.3, 0.4) is 0 Å². The van der Waals surface area contributed by atoms with Gasteiger partial charge in [-0.25, -0.2) is 9.79 Å². The topological polar surface area (TPSA) is 79.1 Å². The maximum atomic E-state index is 13.8. The molecule has 0 spiro atoms. The number of allylic oxidation sites excluding steroid dienone is 1. The van der Waals surface area contributed by atoms with Gasteiger partial charge in [0.2, 0.25) is 0 Å². The molecule has 0 N–H and O–H groups in total. The number of thiazole rings is 1. The largest absolute Gasteiger partial charge is 0.493 e. The number of carbonyl (C=O) groups is 1. The van der Waals surface area contributed by atoms with Crippen LogP contribution in [0, 0.1) is 0 Å². The van der Waals surface area contributed by atoms with Gasteiger partial charge in [0.25, 0.3) is 5.56 Å². The van der Waals surface area contributed by atoms with Crippen molar-refractivity contribution in [3.63, 3.8) is 0 Å². The third-order valence-electron chi connectivity index (χ3n) is 6.25. The smallest absolute Gasteiger partial charge is 0.338 e. The Balaban J connectivity index is 1.54. The molecule has 212 valence electrons. The van der Waals surface area contributed by atoms with E-state index < -0.39 is 12.0 Å². The lowest BCUT2D eigenvalue weighted by Gasteiger charge is -2.23. The summed E-state index contributed by atoms with van der Waals surface area (Å²) in [5.41, 5.74) is 2.02. The van der Waals surface area contributed by atoms with Gasteiger partial charge in [-0.1, -0.05) is 58.3 Å². The van der Waals surface area contributed by atoms with Crippen LogP contribution in [0.1, 0.15) is 35.9 Å². The highest BCUT2D eigenvalue weighted by Gasteiger charge is 2.33. The molecule has 41 heavy (non-hydrogen) atoms. The molecule has 7 nitrogen and oxygen atoms in total. The third kappa shape index (κ3) is 5.96. The monoisotopic (exact) mass is 648 g/mol. The summed E-state index contributed by atoms with van der Waals surface area (Å²) in [6, 6.07) is 11.8. The van der Waals surface area contributed by atoms with Crippen LogP contribution in [0.2, 0.25) is 15.1 Å². The third-order valence-corrected chi connectivity index (χ3v) is 9.17. The lowest BCUT2D eigenvalue weighted by molar-refractivity contribution is -0.139. The van der Waals surface area contributed by atoms with Gasteiger partial charge < -0.3 is 14.2 Å². The predicted molar refractivity (Wildman–Crippen MR) is 164 cm³/mol. The first-order valence-electron chi connectivity index (χ1n) is 12.4. The lowest BCUT2D eigenvalue weighted by atomic mass is 10.0. The molecule has 0 saturated carbocycles. The number of hydrogen-bond acceptors (Lipinski definition) is 8. The summed E-state index contributed by atoms with van der Waals surface area (Å²) < 4.78 is 18.8. The van der Waals surface area contributed by atoms with Crippen molar-refractivity contribution in [2.45, 2.75) is 26.5 Å². The maximum absolute atomic E-state index is 13.8. The minimum absolute atomic E-state index is 0.190. The van der Waals surface area contributed by atoms with E-state index in [9.17, 15) is 9.59 Å². The number of ether oxygens (including phenoxy) is 3. The Morgan fingerprint density at radius 1 is 1.12 bits per heavy atom. The van der Waals surface area contributed by atoms with Gasteiger partial charge in [0.05, 0.1) is 44.6 Å². The van der Waals surface area contributed by atoms with Crippen molar-refractivity contribution in [2.24, 2.45) is 4.99 Å². The maximum Gasteiger partial charge on any atom is 0.338 e. The SMILES string of the molecule is CCOC(=O)C1=C(C)N=c2s/c(=C\c3cc(Cl)c(OCc4ccc(Cl)c(Cl)c4)c(OC)c3)c(=O)n2[C@H]1c1cccs1. The van der Waals surface area contributed by atoms with Crippen molar-refractivity contribution in [2.75, 3.05) is 13.7 Å². The molecule has 0 saturated heterocycles. The fourth-order valence-electron chi connectivity index (χ4n) is 4.41. The van der Waals surface area contributed by atoms with E-state index in [1.165, 1.54) is 29.8 Å². The summed E-state index contributed by atoms with van der Waals surface area (Å²) in [7, 11) is 1.51. The second-order valence-corrected chi connectivity index (χ2v) is 12.1. The Kier molecular flexibility index (Phi) is 8.91. The highest BCUT2D eigenvalue weighted by molar-refractivity contribution is 7.10. The van der Waals surface area contributed by atoms with Crippen molar-refractivity contribution in [3.05, 3.63) is 110 Å². The molecule has 1 aliphatic heterocycles. The standard InChI is InChI=1S/C29H23Cl3N2O5S2/c1-4-38-28(36)24-15(2)33-29-34(25(24)22-6-5-9-40-22)27(35)23(41-29)13-17-11-20(32)26(21(12-17)37-3)39-14-16-7-8-18(30)19(31)10-16/h5-13,25H,4,14H2,1-3H3/b23-13-/t25-/m0/s1. The summed E-state index contributed by atoms with van der Waals surface area (Å²) in [4.78, 5) is 32.6. The summed E-state index contributed by atoms with van der Waals surface area (Å²) >= 11 is 21.4. The van der Waals surface area contributed by atoms with Crippen LogP contribution in [0.15, 0.2) is 68.9 Å². The Bertz CT molecular complexity index is 1840. The number of esters is 1. The van der Waals surface area contributed by atoms with Crippen LogP contribution < -0.4 is 24.4 Å². The molecule has 2 aromatic carbocycles. The van der Waals surface area contributed by atoms with Gasteiger partial charge in [-0.05, 0) is 66.8 Å². The van der Waals surface area contributed by atoms with E-state index in [0.717, 1.165) is 10.4 Å². The number of methoxy groups -OCH3 is 1. The molecule has 0 radical (unpaired) electrons. The molecule has 2 aromatic heterocycles. The van der Waals surface area contributed by atoms with Crippen molar-refractivity contribution in [1.29, 1.82) is 0 Å². The van der Waals surface area contributed by atoms with E-state index in [0.29, 0.717) is 52.7 Å². The number of rotatable bonds is 8. The van der Waals surface area contributed by atoms with Gasteiger partial charge in [-0.15, -0.1) is 11.3 Å². The normalized spacial score (nSPS) is 15.0. The molecular formula is C29H23Cl3N2O5S2. The minimum Gasteiger partial charge on any atom is -0.493 e. The quantitative estimate of drug-likeness (QED) is 0.206. The van der Waals surface area contributed by atoms with E-state index in [4.69, 9.17) is 49.0 Å². The van der Waals surface area contributed by atoms with E-state index in [1.807, 2.05) is 17.5 Å². The highest BCUT2D eigenvalue weighted by atomic mass is 35.5. The zero-order valence-electron chi connectivity index (χ0n) is 22.1. The fraction of sp³-hybridized carbons (Fsp3) is 0.207. The van der Waals surface area contributed by atoms with Gasteiger partial charge >= 0.3 is 5.97 Å². The number of thiophene rings is 1. The fourth-order valence-corrected chi connectivity index (χ4v) is 6.87. The van der Waals surface area contributed by atoms with Crippen LogP contribution >= 0.6 is 57.5 Å². The van der Waals surface area contributed by atoms with Crippen LogP contribution in [-0.2, 0) is 16.1 Å². The Morgan fingerprint density at radius 2 is 1.93 bits per heavy atom. The number of halogens is 3. The molecular weight excluding hydrogens is 627 g/mol. The first-order valence-corrected chi connectivity index (χ1v) is 15.2. The van der Waals surface area contributed by atoms with Gasteiger partial charge in [0.1, 0.15) is 12.6 Å². The number of carbonyl (C=O) groups excluding carboxylic acids is 1. The van der Waals surface area contributed by atoms with Crippen LogP contribution in [0.25, 0.3) is 6.08 Å². The zero-order chi connectivity index (χ0) is 29.3. The van der Waals surface area contributed by atoms with Gasteiger partial charge in [-0.3, -0.25) is 9.36 Å². The van der Waals surface area contributed by atoms with E-state index >= 15 is 0 Å². The molecule has 4 aromatic rings. The minimum atomic E-state index is -0.636. The molecule has 1 atom stereocenters. The number of benzene rings is 2. The first-order chi connectivity index (χ1) is 19.7. The molecule has 1 aliphatic rings. The summed E-state index contributed by atoms with van der Waals surface area (Å²) in [6.07, 6.45) is 1.72. The average molecular weight is 650 g/mol. The number of nitrogens with zero attached hydrogens (tertiary/aromatic N) is 2. The number of fused-ring (bicyclic) bond motifs is 1. The molecule has 0 unspecified atom stereocenters. The second kappa shape index (κ2) is 12.4. The first kappa shape index (κ1) is 29.4. The van der Waals surface area contributed by atoms with Gasteiger partial charge in [-0.2, -0.15) is 0 Å². The van der Waals surface area contributed by atoms with Gasteiger partial charge in [0.15, 0.2) is 16.3 Å². The molecule has 12 heteroatoms. The van der Waals surface area contributed by atoms with E-state index in [2.05, 4.69) is 4.99 Å². The Labute approximate surface area is 258 Å².